The standard InChI is InChI=1S/C16H15ClN2O3/c1-10-6-11(17)2-4-13(10)19-16(20)8-18-12-3-5-14-15(7-12)22-9-21-14/h2-7,18H,8-9H2,1H3,(H,19,20). The highest BCUT2D eigenvalue weighted by Gasteiger charge is 2.13. The molecule has 1 aliphatic rings. The molecule has 0 fully saturated rings. The van der Waals surface area contributed by atoms with Crippen molar-refractivity contribution in [3.8, 4) is 11.5 Å². The van der Waals surface area contributed by atoms with E-state index in [9.17, 15) is 4.79 Å². The molecule has 0 bridgehead atoms. The van der Waals surface area contributed by atoms with Gasteiger partial charge in [0.25, 0.3) is 0 Å². The molecule has 0 atom stereocenters. The van der Waals surface area contributed by atoms with Gasteiger partial charge in [-0.1, -0.05) is 11.6 Å². The first-order valence-electron chi connectivity index (χ1n) is 6.81. The van der Waals surface area contributed by atoms with Crippen molar-refractivity contribution in [1.29, 1.82) is 0 Å². The number of benzene rings is 2. The average molecular weight is 319 g/mol. The Kier molecular flexibility index (Phi) is 4.06. The van der Waals surface area contributed by atoms with Crippen molar-refractivity contribution >= 4 is 28.9 Å². The van der Waals surface area contributed by atoms with Crippen molar-refractivity contribution in [3.63, 3.8) is 0 Å². The zero-order valence-corrected chi connectivity index (χ0v) is 12.7. The molecule has 0 spiro atoms. The Morgan fingerprint density at radius 3 is 2.82 bits per heavy atom. The van der Waals surface area contributed by atoms with Crippen LogP contribution < -0.4 is 20.1 Å². The van der Waals surface area contributed by atoms with E-state index < -0.39 is 0 Å². The largest absolute Gasteiger partial charge is 0.454 e. The number of halogens is 1. The first-order valence-corrected chi connectivity index (χ1v) is 7.19. The van der Waals surface area contributed by atoms with E-state index in [0.29, 0.717) is 16.5 Å². The maximum atomic E-state index is 12.0. The van der Waals surface area contributed by atoms with E-state index in [4.69, 9.17) is 21.1 Å². The molecule has 6 heteroatoms. The first-order chi connectivity index (χ1) is 10.6. The number of ether oxygens (including phenoxy) is 2. The Morgan fingerprint density at radius 1 is 1.18 bits per heavy atom. The summed E-state index contributed by atoms with van der Waals surface area (Å²) < 4.78 is 10.5. The Labute approximate surface area is 133 Å². The molecule has 3 rings (SSSR count). The summed E-state index contributed by atoms with van der Waals surface area (Å²) in [7, 11) is 0. The van der Waals surface area contributed by atoms with Gasteiger partial charge in [-0.05, 0) is 42.8 Å². The third-order valence-electron chi connectivity index (χ3n) is 3.29. The SMILES string of the molecule is Cc1cc(Cl)ccc1NC(=O)CNc1ccc2c(c1)OCO2. The quantitative estimate of drug-likeness (QED) is 0.906. The summed E-state index contributed by atoms with van der Waals surface area (Å²) >= 11 is 5.89. The van der Waals surface area contributed by atoms with Crippen molar-refractivity contribution < 1.29 is 14.3 Å². The number of fused-ring (bicyclic) bond motifs is 1. The van der Waals surface area contributed by atoms with E-state index in [1.54, 1.807) is 12.1 Å². The number of carbonyl (C=O) groups is 1. The van der Waals surface area contributed by atoms with Gasteiger partial charge in [0.2, 0.25) is 12.7 Å². The van der Waals surface area contributed by atoms with E-state index in [2.05, 4.69) is 10.6 Å². The lowest BCUT2D eigenvalue weighted by molar-refractivity contribution is -0.114. The lowest BCUT2D eigenvalue weighted by atomic mass is 10.2. The Bertz CT molecular complexity index is 719. The highest BCUT2D eigenvalue weighted by atomic mass is 35.5. The first kappa shape index (κ1) is 14.5. The Balaban J connectivity index is 1.58. The van der Waals surface area contributed by atoms with Gasteiger partial charge in [-0.25, -0.2) is 0 Å². The monoisotopic (exact) mass is 318 g/mol. The lowest BCUT2D eigenvalue weighted by Gasteiger charge is -2.10. The summed E-state index contributed by atoms with van der Waals surface area (Å²) in [6, 6.07) is 10.8. The van der Waals surface area contributed by atoms with Crippen LogP contribution in [0.5, 0.6) is 11.5 Å². The molecule has 22 heavy (non-hydrogen) atoms. The molecule has 0 saturated carbocycles. The number of nitrogens with one attached hydrogen (secondary N) is 2. The summed E-state index contributed by atoms with van der Waals surface area (Å²) in [5.41, 5.74) is 2.47. The minimum Gasteiger partial charge on any atom is -0.454 e. The predicted octanol–water partition coefficient (Wildman–Crippen LogP) is 3.43. The van der Waals surface area contributed by atoms with Crippen LogP contribution >= 0.6 is 11.6 Å². The van der Waals surface area contributed by atoms with Gasteiger partial charge in [-0.3, -0.25) is 4.79 Å². The molecule has 0 aromatic heterocycles. The number of carbonyl (C=O) groups excluding carboxylic acids is 1. The number of rotatable bonds is 4. The predicted molar refractivity (Wildman–Crippen MR) is 85.9 cm³/mol. The lowest BCUT2D eigenvalue weighted by Crippen LogP contribution is -2.22. The van der Waals surface area contributed by atoms with Crippen molar-refractivity contribution in [1.82, 2.24) is 0 Å². The summed E-state index contributed by atoms with van der Waals surface area (Å²) in [6.45, 7) is 2.28. The maximum Gasteiger partial charge on any atom is 0.243 e. The van der Waals surface area contributed by atoms with Crippen LogP contribution in [0.4, 0.5) is 11.4 Å². The van der Waals surface area contributed by atoms with Gasteiger partial charge in [0, 0.05) is 22.5 Å². The summed E-state index contributed by atoms with van der Waals surface area (Å²) in [4.78, 5) is 12.0. The zero-order chi connectivity index (χ0) is 15.5. The second-order valence-electron chi connectivity index (χ2n) is 4.93. The van der Waals surface area contributed by atoms with E-state index in [0.717, 1.165) is 16.9 Å². The van der Waals surface area contributed by atoms with Gasteiger partial charge in [0.15, 0.2) is 11.5 Å². The minimum atomic E-state index is -0.136. The maximum absolute atomic E-state index is 12.0. The van der Waals surface area contributed by atoms with Gasteiger partial charge in [-0.15, -0.1) is 0 Å². The molecule has 5 nitrogen and oxygen atoms in total. The minimum absolute atomic E-state index is 0.136. The van der Waals surface area contributed by atoms with Gasteiger partial charge in [0.05, 0.1) is 6.54 Å². The summed E-state index contributed by atoms with van der Waals surface area (Å²) in [5, 5.41) is 6.54. The van der Waals surface area contributed by atoms with E-state index in [1.807, 2.05) is 31.2 Å². The summed E-state index contributed by atoms with van der Waals surface area (Å²) in [5.74, 6) is 1.26. The van der Waals surface area contributed by atoms with Crippen LogP contribution in [0.2, 0.25) is 5.02 Å². The van der Waals surface area contributed by atoms with Crippen molar-refractivity contribution in [3.05, 3.63) is 47.0 Å². The molecule has 114 valence electrons. The van der Waals surface area contributed by atoms with E-state index >= 15 is 0 Å². The molecule has 2 aromatic carbocycles. The molecule has 1 amide bonds. The second kappa shape index (κ2) is 6.15. The highest BCUT2D eigenvalue weighted by Crippen LogP contribution is 2.34. The number of amides is 1. The highest BCUT2D eigenvalue weighted by molar-refractivity contribution is 6.30. The van der Waals surface area contributed by atoms with Crippen molar-refractivity contribution in [2.75, 3.05) is 24.0 Å². The third-order valence-corrected chi connectivity index (χ3v) is 3.52. The smallest absolute Gasteiger partial charge is 0.243 e. The Hall–Kier alpha value is -2.40. The van der Waals surface area contributed by atoms with Crippen LogP contribution in [0, 0.1) is 6.92 Å². The van der Waals surface area contributed by atoms with Gasteiger partial charge in [-0.2, -0.15) is 0 Å². The second-order valence-corrected chi connectivity index (χ2v) is 5.37. The fraction of sp³-hybridized carbons (Fsp3) is 0.188. The van der Waals surface area contributed by atoms with Crippen molar-refractivity contribution in [2.45, 2.75) is 6.92 Å². The fourth-order valence-corrected chi connectivity index (χ4v) is 2.38. The van der Waals surface area contributed by atoms with Gasteiger partial charge < -0.3 is 20.1 Å². The molecular formula is C16H15ClN2O3. The van der Waals surface area contributed by atoms with Crippen LogP contribution in [0.3, 0.4) is 0 Å². The molecule has 0 saturated heterocycles. The topological polar surface area (TPSA) is 59.6 Å². The van der Waals surface area contributed by atoms with Gasteiger partial charge in [0.1, 0.15) is 0 Å². The van der Waals surface area contributed by atoms with E-state index in [-0.39, 0.29) is 19.2 Å². The molecule has 2 N–H and O–H groups in total. The van der Waals surface area contributed by atoms with Crippen molar-refractivity contribution in [2.24, 2.45) is 0 Å². The molecule has 1 heterocycles. The number of aryl methyl sites for hydroxylation is 1. The van der Waals surface area contributed by atoms with E-state index in [1.165, 1.54) is 0 Å². The van der Waals surface area contributed by atoms with Crippen LogP contribution in [-0.4, -0.2) is 19.2 Å². The molecule has 1 aliphatic heterocycles. The third kappa shape index (κ3) is 3.26. The molecule has 0 radical (unpaired) electrons. The zero-order valence-electron chi connectivity index (χ0n) is 12.0. The number of hydrogen-bond acceptors (Lipinski definition) is 4. The molecule has 0 unspecified atom stereocenters. The summed E-state index contributed by atoms with van der Waals surface area (Å²) in [6.07, 6.45) is 0. The Morgan fingerprint density at radius 2 is 2.00 bits per heavy atom. The molecular weight excluding hydrogens is 304 g/mol. The molecule has 2 aromatic rings. The fourth-order valence-electron chi connectivity index (χ4n) is 2.15. The van der Waals surface area contributed by atoms with Crippen LogP contribution in [0.25, 0.3) is 0 Å². The van der Waals surface area contributed by atoms with Crippen LogP contribution in [-0.2, 0) is 4.79 Å². The number of hydrogen-bond donors (Lipinski definition) is 2. The van der Waals surface area contributed by atoms with Crippen LogP contribution in [0.1, 0.15) is 5.56 Å². The normalized spacial score (nSPS) is 12.1. The van der Waals surface area contributed by atoms with Crippen LogP contribution in [0.15, 0.2) is 36.4 Å². The number of anilines is 2. The average Bonchev–Trinajstić information content (AvgIpc) is 2.95. The molecule has 0 aliphatic carbocycles. The van der Waals surface area contributed by atoms with Gasteiger partial charge >= 0.3 is 0 Å².